The van der Waals surface area contributed by atoms with E-state index in [0.717, 1.165) is 0 Å². The first-order chi connectivity index (χ1) is 21.2. The molecule has 1 aromatic carbocycles. The van der Waals surface area contributed by atoms with Crippen molar-refractivity contribution in [2.45, 2.75) is 69.1 Å². The molecule has 0 bridgehead atoms. The molecule has 18 heteroatoms. The standard InChI is InChI=1S/C27H44N10O8/c28-10-2-1-5-18(36-23(41)17(29)4-3-11-33-27(31)32)24(42)34-14-22(40)35-19(13-21(30)39)25(43)37-20(26(44)45)12-15-6-8-16(38)9-7-15/h6-9,17-20,38H,1-5,10-14,28-29H2,(H2,30,39)(H,34,42)(H,35,40)(H,36,41)(H,37,43)(H,44,45)(H4,31,32,33)/t17-,18-,19-,20-/m0/s1. The number of carboxylic acids is 1. The zero-order valence-electron chi connectivity index (χ0n) is 24.9. The van der Waals surface area contributed by atoms with E-state index in [1.165, 1.54) is 24.3 Å². The van der Waals surface area contributed by atoms with E-state index in [9.17, 15) is 39.0 Å². The first-order valence-corrected chi connectivity index (χ1v) is 14.2. The van der Waals surface area contributed by atoms with Crippen LogP contribution in [0.15, 0.2) is 29.3 Å². The van der Waals surface area contributed by atoms with E-state index in [-0.39, 0.29) is 37.5 Å². The Morgan fingerprint density at radius 3 is 2.02 bits per heavy atom. The molecule has 0 heterocycles. The predicted molar refractivity (Wildman–Crippen MR) is 163 cm³/mol. The number of carbonyl (C=O) groups is 6. The summed E-state index contributed by atoms with van der Waals surface area (Å²) in [5.41, 5.74) is 27.7. The summed E-state index contributed by atoms with van der Waals surface area (Å²) in [5, 5.41) is 28.4. The molecular weight excluding hydrogens is 592 g/mol. The second-order valence-corrected chi connectivity index (χ2v) is 10.2. The minimum absolute atomic E-state index is 0.0326. The summed E-state index contributed by atoms with van der Waals surface area (Å²) in [6.07, 6.45) is 1.09. The number of nitrogens with one attached hydrogen (secondary N) is 4. The minimum Gasteiger partial charge on any atom is -0.508 e. The Hall–Kier alpha value is -4.97. The fraction of sp³-hybridized carbons (Fsp3) is 0.519. The number of nitrogens with zero attached hydrogens (tertiary/aromatic N) is 1. The van der Waals surface area contributed by atoms with Crippen LogP contribution in [0.4, 0.5) is 0 Å². The Morgan fingerprint density at radius 1 is 0.800 bits per heavy atom. The van der Waals surface area contributed by atoms with Crippen molar-refractivity contribution in [1.29, 1.82) is 0 Å². The van der Waals surface area contributed by atoms with Crippen molar-refractivity contribution in [2.24, 2.45) is 33.7 Å². The Balaban J connectivity index is 2.82. The van der Waals surface area contributed by atoms with Gasteiger partial charge in [0, 0.05) is 13.0 Å². The lowest BCUT2D eigenvalue weighted by molar-refractivity contribution is -0.142. The molecule has 1 aromatic rings. The lowest BCUT2D eigenvalue weighted by Crippen LogP contribution is -2.56. The second-order valence-electron chi connectivity index (χ2n) is 10.2. The van der Waals surface area contributed by atoms with E-state index in [1.54, 1.807) is 0 Å². The normalized spacial score (nSPS) is 13.3. The van der Waals surface area contributed by atoms with Crippen LogP contribution in [0.3, 0.4) is 0 Å². The molecule has 16 N–H and O–H groups in total. The number of hydrogen-bond acceptors (Lipinski definition) is 10. The van der Waals surface area contributed by atoms with Crippen molar-refractivity contribution in [1.82, 2.24) is 21.3 Å². The van der Waals surface area contributed by atoms with Gasteiger partial charge in [-0.3, -0.25) is 29.0 Å². The fourth-order valence-corrected chi connectivity index (χ4v) is 3.98. The highest BCUT2D eigenvalue weighted by Crippen LogP contribution is 2.12. The number of guanidine groups is 1. The highest BCUT2D eigenvalue weighted by molar-refractivity contribution is 5.95. The number of carbonyl (C=O) groups excluding carboxylic acids is 5. The van der Waals surface area contributed by atoms with Crippen molar-refractivity contribution in [2.75, 3.05) is 19.6 Å². The average molecular weight is 637 g/mol. The maximum Gasteiger partial charge on any atom is 0.326 e. The number of hydrogen-bond donors (Lipinski definition) is 11. The number of primary amides is 1. The molecule has 45 heavy (non-hydrogen) atoms. The number of nitrogens with two attached hydrogens (primary N) is 5. The number of benzene rings is 1. The third kappa shape index (κ3) is 15.9. The summed E-state index contributed by atoms with van der Waals surface area (Å²) >= 11 is 0. The summed E-state index contributed by atoms with van der Waals surface area (Å²) in [5.74, 6) is -5.67. The van der Waals surface area contributed by atoms with Crippen molar-refractivity contribution in [3.05, 3.63) is 29.8 Å². The van der Waals surface area contributed by atoms with Gasteiger partial charge in [0.1, 0.15) is 23.9 Å². The topological polar surface area (TPSA) is 333 Å². The molecule has 1 rings (SSSR count). The Bertz CT molecular complexity index is 1190. The molecular formula is C27H44N10O8. The van der Waals surface area contributed by atoms with E-state index in [0.29, 0.717) is 31.4 Å². The Kier molecular flexibility index (Phi) is 17.0. The number of aliphatic imine (C=N–C) groups is 1. The van der Waals surface area contributed by atoms with Gasteiger partial charge in [-0.25, -0.2) is 4.79 Å². The number of unbranched alkanes of at least 4 members (excludes halogenated alkanes) is 1. The van der Waals surface area contributed by atoms with E-state index < -0.39 is 72.6 Å². The maximum absolute atomic E-state index is 12.9. The number of aliphatic carboxylic acids is 1. The summed E-state index contributed by atoms with van der Waals surface area (Å²) in [6.45, 7) is -0.0238. The molecule has 18 nitrogen and oxygen atoms in total. The predicted octanol–water partition coefficient (Wildman–Crippen LogP) is -4.02. The van der Waals surface area contributed by atoms with Gasteiger partial charge < -0.3 is 60.1 Å². The van der Waals surface area contributed by atoms with E-state index in [2.05, 4.69) is 26.3 Å². The number of phenolic OH excluding ortho intramolecular Hbond substituents is 1. The smallest absolute Gasteiger partial charge is 0.326 e. The van der Waals surface area contributed by atoms with Gasteiger partial charge in [0.15, 0.2) is 5.96 Å². The first kappa shape index (κ1) is 38.1. The monoisotopic (exact) mass is 636 g/mol. The van der Waals surface area contributed by atoms with Gasteiger partial charge in [-0.1, -0.05) is 12.1 Å². The average Bonchev–Trinajstić information content (AvgIpc) is 2.97. The van der Waals surface area contributed by atoms with Crippen LogP contribution >= 0.6 is 0 Å². The minimum atomic E-state index is -1.55. The van der Waals surface area contributed by atoms with Crippen LogP contribution in [0.25, 0.3) is 0 Å². The molecule has 0 fully saturated rings. The number of phenols is 1. The van der Waals surface area contributed by atoms with Crippen LogP contribution in [0.1, 0.15) is 44.1 Å². The van der Waals surface area contributed by atoms with Crippen molar-refractivity contribution >= 4 is 41.5 Å². The molecule has 0 saturated carbocycles. The highest BCUT2D eigenvalue weighted by Gasteiger charge is 2.29. The number of rotatable bonds is 21. The third-order valence-electron chi connectivity index (χ3n) is 6.36. The fourth-order valence-electron chi connectivity index (χ4n) is 3.98. The number of carboxylic acid groups (broad SMARTS) is 1. The molecule has 4 atom stereocenters. The van der Waals surface area contributed by atoms with E-state index >= 15 is 0 Å². The Labute approximate surface area is 259 Å². The van der Waals surface area contributed by atoms with Gasteiger partial charge in [0.05, 0.1) is 19.0 Å². The molecule has 0 aliphatic rings. The summed E-state index contributed by atoms with van der Waals surface area (Å²) < 4.78 is 0. The third-order valence-corrected chi connectivity index (χ3v) is 6.36. The molecule has 0 aliphatic carbocycles. The zero-order chi connectivity index (χ0) is 33.9. The molecule has 250 valence electrons. The molecule has 0 saturated heterocycles. The number of aromatic hydroxyl groups is 1. The quantitative estimate of drug-likeness (QED) is 0.0349. The summed E-state index contributed by atoms with van der Waals surface area (Å²) in [7, 11) is 0. The Morgan fingerprint density at radius 2 is 1.44 bits per heavy atom. The van der Waals surface area contributed by atoms with Gasteiger partial charge in [0.25, 0.3) is 0 Å². The summed E-state index contributed by atoms with van der Waals surface area (Å²) in [6, 6.07) is 0.635. The molecule has 0 radical (unpaired) electrons. The maximum atomic E-state index is 12.9. The van der Waals surface area contributed by atoms with E-state index in [4.69, 9.17) is 28.7 Å². The number of amides is 5. The lowest BCUT2D eigenvalue weighted by Gasteiger charge is -2.22. The van der Waals surface area contributed by atoms with Crippen LogP contribution in [-0.4, -0.2) is 95.5 Å². The van der Waals surface area contributed by atoms with Gasteiger partial charge in [-0.15, -0.1) is 0 Å². The molecule has 0 spiro atoms. The van der Waals surface area contributed by atoms with Gasteiger partial charge in [-0.2, -0.15) is 0 Å². The van der Waals surface area contributed by atoms with Gasteiger partial charge >= 0.3 is 5.97 Å². The molecule has 5 amide bonds. The van der Waals surface area contributed by atoms with Crippen molar-refractivity contribution in [3.63, 3.8) is 0 Å². The lowest BCUT2D eigenvalue weighted by atomic mass is 10.0. The summed E-state index contributed by atoms with van der Waals surface area (Å²) in [4.78, 5) is 78.2. The van der Waals surface area contributed by atoms with Crippen LogP contribution in [0, 0.1) is 0 Å². The van der Waals surface area contributed by atoms with Crippen molar-refractivity contribution < 1.29 is 39.0 Å². The van der Waals surface area contributed by atoms with E-state index in [1.807, 2.05) is 0 Å². The second kappa shape index (κ2) is 20.1. The van der Waals surface area contributed by atoms with Crippen molar-refractivity contribution in [3.8, 4) is 5.75 Å². The largest absolute Gasteiger partial charge is 0.508 e. The molecule has 0 unspecified atom stereocenters. The SMILES string of the molecule is NCCCC[C@H](NC(=O)[C@@H](N)CCCN=C(N)N)C(=O)NCC(=O)N[C@@H](CC(N)=O)C(=O)N[C@@H](Cc1ccc(O)cc1)C(=O)O. The van der Waals surface area contributed by atoms with Crippen LogP contribution in [0.2, 0.25) is 0 Å². The van der Waals surface area contributed by atoms with Crippen LogP contribution in [0.5, 0.6) is 5.75 Å². The molecule has 0 aliphatic heterocycles. The zero-order valence-corrected chi connectivity index (χ0v) is 24.9. The first-order valence-electron chi connectivity index (χ1n) is 14.2. The van der Waals surface area contributed by atoms with Gasteiger partial charge in [-0.05, 0) is 56.3 Å². The van der Waals surface area contributed by atoms with Crippen LogP contribution in [-0.2, 0) is 35.2 Å². The highest BCUT2D eigenvalue weighted by atomic mass is 16.4. The molecule has 0 aromatic heterocycles. The van der Waals surface area contributed by atoms with Crippen LogP contribution < -0.4 is 49.9 Å². The van der Waals surface area contributed by atoms with Gasteiger partial charge in [0.2, 0.25) is 29.5 Å².